The average molecular weight is 350 g/mol. The molecule has 3 nitrogen and oxygen atoms in total. The molecule has 0 N–H and O–H groups in total. The van der Waals surface area contributed by atoms with E-state index >= 15 is 0 Å². The molecule has 6 heteroatoms. The lowest BCUT2D eigenvalue weighted by molar-refractivity contribution is -0.0891. The molecule has 112 valence electrons. The maximum atomic E-state index is 12.4. The van der Waals surface area contributed by atoms with E-state index in [-0.39, 0.29) is 11.4 Å². The Morgan fingerprint density at radius 1 is 1.45 bits per heavy atom. The first-order valence-electron chi connectivity index (χ1n) is 6.45. The molecule has 0 atom stereocenters. The summed E-state index contributed by atoms with van der Waals surface area (Å²) >= 11 is 3.36. The first-order valence-corrected chi connectivity index (χ1v) is 7.24. The number of hydrogen-bond acceptors (Lipinski definition) is 3. The average Bonchev–Trinajstić information content (AvgIpc) is 2.31. The SMILES string of the molecule is CC1(C)CN(Cc2cc(Br)ccc2OC(F)F)CCO1. The van der Waals surface area contributed by atoms with Crippen LogP contribution < -0.4 is 4.74 Å². The lowest BCUT2D eigenvalue weighted by Crippen LogP contribution is -2.47. The van der Waals surface area contributed by atoms with Crippen LogP contribution in [0, 0.1) is 0 Å². The molecule has 0 radical (unpaired) electrons. The molecule has 1 aliphatic heterocycles. The summed E-state index contributed by atoms with van der Waals surface area (Å²) in [5.74, 6) is 0.229. The van der Waals surface area contributed by atoms with E-state index in [9.17, 15) is 8.78 Å². The number of ether oxygens (including phenoxy) is 2. The number of benzene rings is 1. The molecule has 1 fully saturated rings. The van der Waals surface area contributed by atoms with Crippen LogP contribution in [0.4, 0.5) is 8.78 Å². The zero-order valence-electron chi connectivity index (χ0n) is 11.5. The highest BCUT2D eigenvalue weighted by Crippen LogP contribution is 2.27. The van der Waals surface area contributed by atoms with E-state index in [1.54, 1.807) is 12.1 Å². The van der Waals surface area contributed by atoms with Crippen LogP contribution in [-0.4, -0.2) is 36.8 Å². The van der Waals surface area contributed by atoms with Gasteiger partial charge >= 0.3 is 6.61 Å². The highest BCUT2D eigenvalue weighted by molar-refractivity contribution is 9.10. The molecule has 0 bridgehead atoms. The van der Waals surface area contributed by atoms with Crippen LogP contribution in [0.5, 0.6) is 5.75 Å². The van der Waals surface area contributed by atoms with E-state index in [2.05, 4.69) is 25.6 Å². The van der Waals surface area contributed by atoms with E-state index < -0.39 is 6.61 Å². The molecule has 2 rings (SSSR count). The minimum atomic E-state index is -2.81. The van der Waals surface area contributed by atoms with Crippen molar-refractivity contribution in [3.63, 3.8) is 0 Å². The minimum Gasteiger partial charge on any atom is -0.434 e. The van der Waals surface area contributed by atoms with Crippen molar-refractivity contribution in [3.05, 3.63) is 28.2 Å². The van der Waals surface area contributed by atoms with Crippen LogP contribution in [0.25, 0.3) is 0 Å². The van der Waals surface area contributed by atoms with Gasteiger partial charge in [0.25, 0.3) is 0 Å². The highest BCUT2D eigenvalue weighted by Gasteiger charge is 2.27. The number of alkyl halides is 2. The number of halogens is 3. The van der Waals surface area contributed by atoms with Gasteiger partial charge in [0.15, 0.2) is 0 Å². The monoisotopic (exact) mass is 349 g/mol. The predicted molar refractivity (Wildman–Crippen MR) is 76.1 cm³/mol. The molecule has 0 unspecified atom stereocenters. The standard InChI is InChI=1S/C14H18BrF2NO2/c1-14(2)9-18(5-6-19-14)8-10-7-11(15)3-4-12(10)20-13(16)17/h3-4,7,13H,5-6,8-9H2,1-2H3. The van der Waals surface area contributed by atoms with Gasteiger partial charge in [-0.2, -0.15) is 8.78 Å². The summed E-state index contributed by atoms with van der Waals surface area (Å²) in [6.45, 7) is 3.99. The molecule has 0 amide bonds. The number of nitrogens with zero attached hydrogens (tertiary/aromatic N) is 1. The topological polar surface area (TPSA) is 21.7 Å². The summed E-state index contributed by atoms with van der Waals surface area (Å²) in [6.07, 6.45) is 0. The van der Waals surface area contributed by atoms with Crippen molar-refractivity contribution in [2.24, 2.45) is 0 Å². The molecule has 1 aliphatic rings. The van der Waals surface area contributed by atoms with Crippen LogP contribution in [0.15, 0.2) is 22.7 Å². The Morgan fingerprint density at radius 3 is 2.85 bits per heavy atom. The predicted octanol–water partition coefficient (Wildman–Crippen LogP) is 3.66. The Balaban J connectivity index is 2.13. The van der Waals surface area contributed by atoms with Gasteiger partial charge in [-0.3, -0.25) is 4.90 Å². The molecular formula is C14H18BrF2NO2. The summed E-state index contributed by atoms with van der Waals surface area (Å²) < 4.78 is 36.0. The van der Waals surface area contributed by atoms with Crippen LogP contribution in [0.2, 0.25) is 0 Å². The van der Waals surface area contributed by atoms with Gasteiger partial charge in [-0.25, -0.2) is 0 Å². The molecule has 0 spiro atoms. The quantitative estimate of drug-likeness (QED) is 0.827. The van der Waals surface area contributed by atoms with Gasteiger partial charge in [0.2, 0.25) is 0 Å². The maximum absolute atomic E-state index is 12.4. The molecule has 0 aliphatic carbocycles. The van der Waals surface area contributed by atoms with Crippen LogP contribution in [-0.2, 0) is 11.3 Å². The fraction of sp³-hybridized carbons (Fsp3) is 0.571. The number of hydrogen-bond donors (Lipinski definition) is 0. The van der Waals surface area contributed by atoms with Gasteiger partial charge in [0.05, 0.1) is 12.2 Å². The largest absolute Gasteiger partial charge is 0.434 e. The van der Waals surface area contributed by atoms with Crippen molar-refractivity contribution in [3.8, 4) is 5.75 Å². The summed E-state index contributed by atoms with van der Waals surface area (Å²) in [4.78, 5) is 2.18. The Bertz CT molecular complexity index is 468. The zero-order valence-corrected chi connectivity index (χ0v) is 13.1. The smallest absolute Gasteiger partial charge is 0.387 e. The second-order valence-electron chi connectivity index (χ2n) is 5.45. The van der Waals surface area contributed by atoms with E-state index in [0.717, 1.165) is 23.1 Å². The fourth-order valence-electron chi connectivity index (χ4n) is 2.37. The van der Waals surface area contributed by atoms with Gasteiger partial charge in [0.1, 0.15) is 5.75 Å². The Labute approximate surface area is 126 Å². The summed E-state index contributed by atoms with van der Waals surface area (Å²) in [5, 5.41) is 0. The van der Waals surface area contributed by atoms with Gasteiger partial charge in [0, 0.05) is 29.7 Å². The molecule has 1 aromatic rings. The third-order valence-electron chi connectivity index (χ3n) is 3.14. The van der Waals surface area contributed by atoms with E-state index in [4.69, 9.17) is 4.74 Å². The minimum absolute atomic E-state index is 0.214. The van der Waals surface area contributed by atoms with Gasteiger partial charge in [-0.05, 0) is 32.0 Å². The summed E-state index contributed by atoms with van der Waals surface area (Å²) in [7, 11) is 0. The second kappa shape index (κ2) is 6.37. The maximum Gasteiger partial charge on any atom is 0.387 e. The molecule has 20 heavy (non-hydrogen) atoms. The van der Waals surface area contributed by atoms with Crippen molar-refractivity contribution in [2.45, 2.75) is 32.6 Å². The van der Waals surface area contributed by atoms with Crippen LogP contribution in [0.3, 0.4) is 0 Å². The first-order chi connectivity index (χ1) is 9.35. The Morgan fingerprint density at radius 2 is 2.20 bits per heavy atom. The van der Waals surface area contributed by atoms with Crippen molar-refractivity contribution in [1.29, 1.82) is 0 Å². The Hall–Kier alpha value is -0.720. The van der Waals surface area contributed by atoms with Crippen LogP contribution >= 0.6 is 15.9 Å². The van der Waals surface area contributed by atoms with E-state index in [1.165, 1.54) is 0 Å². The second-order valence-corrected chi connectivity index (χ2v) is 6.37. The molecule has 1 saturated heterocycles. The van der Waals surface area contributed by atoms with Crippen molar-refractivity contribution >= 4 is 15.9 Å². The first kappa shape index (κ1) is 15.7. The van der Waals surface area contributed by atoms with E-state index in [1.807, 2.05) is 19.9 Å². The molecule has 0 aromatic heterocycles. The normalized spacial score (nSPS) is 19.3. The summed E-state index contributed by atoms with van der Waals surface area (Å²) in [6, 6.07) is 5.09. The lowest BCUT2D eigenvalue weighted by Gasteiger charge is -2.38. The van der Waals surface area contributed by atoms with Crippen molar-refractivity contribution in [2.75, 3.05) is 19.7 Å². The third-order valence-corrected chi connectivity index (χ3v) is 3.63. The van der Waals surface area contributed by atoms with Crippen molar-refractivity contribution in [1.82, 2.24) is 4.90 Å². The zero-order chi connectivity index (χ0) is 14.8. The van der Waals surface area contributed by atoms with Gasteiger partial charge < -0.3 is 9.47 Å². The number of rotatable bonds is 4. The van der Waals surface area contributed by atoms with E-state index in [0.29, 0.717) is 13.2 Å². The third kappa shape index (κ3) is 4.40. The molecule has 1 heterocycles. The highest BCUT2D eigenvalue weighted by atomic mass is 79.9. The fourth-order valence-corrected chi connectivity index (χ4v) is 2.78. The number of morpholine rings is 1. The molecule has 0 saturated carbocycles. The molecule has 1 aromatic carbocycles. The van der Waals surface area contributed by atoms with Crippen molar-refractivity contribution < 1.29 is 18.3 Å². The lowest BCUT2D eigenvalue weighted by atomic mass is 10.1. The van der Waals surface area contributed by atoms with Gasteiger partial charge in [-0.1, -0.05) is 15.9 Å². The Kier molecular flexibility index (Phi) is 4.99. The molecular weight excluding hydrogens is 332 g/mol. The summed E-state index contributed by atoms with van der Waals surface area (Å²) in [5.41, 5.74) is 0.533. The van der Waals surface area contributed by atoms with Crippen LogP contribution in [0.1, 0.15) is 19.4 Å². The van der Waals surface area contributed by atoms with Gasteiger partial charge in [-0.15, -0.1) is 0 Å².